The first-order valence-electron chi connectivity index (χ1n) is 29.8. The molecule has 16 heteroatoms. The van der Waals surface area contributed by atoms with Gasteiger partial charge in [-0.25, -0.2) is 38.4 Å². The summed E-state index contributed by atoms with van der Waals surface area (Å²) >= 11 is 0. The van der Waals surface area contributed by atoms with E-state index in [0.29, 0.717) is 22.3 Å². The maximum Gasteiger partial charge on any atom is 0.333 e. The molecule has 0 aliphatic carbocycles. The third-order valence-corrected chi connectivity index (χ3v) is 13.5. The molecule has 0 amide bonds. The van der Waals surface area contributed by atoms with Crippen LogP contribution in [-0.4, -0.2) is 47.8 Å². The molecule has 0 radical (unpaired) electrons. The van der Waals surface area contributed by atoms with Gasteiger partial charge < -0.3 is 37.9 Å². The smallest absolute Gasteiger partial charge is 0.333 e. The molecule has 0 unspecified atom stereocenters. The molecule has 0 heterocycles. The normalized spacial score (nSPS) is 10.0. The zero-order valence-corrected chi connectivity index (χ0v) is 54.3. The third kappa shape index (κ3) is 25.9. The van der Waals surface area contributed by atoms with Gasteiger partial charge in [0, 0.05) is 46.6 Å². The highest BCUT2D eigenvalue weighted by Crippen LogP contribution is 2.25. The van der Waals surface area contributed by atoms with Gasteiger partial charge in [0.15, 0.2) is 0 Å². The second kappa shape index (κ2) is 38.7. The number of hydrogen-bond acceptors (Lipinski definition) is 16. The van der Waals surface area contributed by atoms with E-state index in [1.807, 2.05) is 170 Å². The van der Waals surface area contributed by atoms with Crippen molar-refractivity contribution in [2.45, 2.75) is 80.6 Å². The van der Waals surface area contributed by atoms with Crippen LogP contribution in [0.1, 0.15) is 72.2 Å². The van der Waals surface area contributed by atoms with Crippen LogP contribution in [-0.2, 0) is 129 Å². The Morgan fingerprint density at radius 1 is 0.250 bits per heavy atom. The van der Waals surface area contributed by atoms with Gasteiger partial charge in [0.2, 0.25) is 0 Å². The van der Waals surface area contributed by atoms with Gasteiger partial charge in [-0.1, -0.05) is 198 Å². The Bertz CT molecular complexity index is 3900. The van der Waals surface area contributed by atoms with E-state index in [1.54, 1.807) is 27.7 Å². The van der Waals surface area contributed by atoms with Crippen LogP contribution in [0.4, 0.5) is 0 Å². The molecule has 0 fully saturated rings. The average molecular weight is 1290 g/mol. The lowest BCUT2D eigenvalue weighted by molar-refractivity contribution is -0.141. The predicted molar refractivity (Wildman–Crippen MR) is 370 cm³/mol. The van der Waals surface area contributed by atoms with Gasteiger partial charge >= 0.3 is 47.8 Å². The molecular formula is C80H76O16. The minimum absolute atomic E-state index is 0.208. The fraction of sp³-hybridized carbons (Fsp3) is 0.150. The minimum atomic E-state index is -0.445. The number of ether oxygens (including phenoxy) is 8. The summed E-state index contributed by atoms with van der Waals surface area (Å²) < 4.78 is 40.5. The molecule has 8 aromatic rings. The van der Waals surface area contributed by atoms with Crippen LogP contribution in [0, 0.1) is 0 Å². The molecule has 0 aromatic heterocycles. The molecule has 0 aliphatic rings. The van der Waals surface area contributed by atoms with Gasteiger partial charge in [0.25, 0.3) is 0 Å². The Morgan fingerprint density at radius 3 is 0.583 bits per heavy atom. The summed E-state index contributed by atoms with van der Waals surface area (Å²) in [5.41, 5.74) is 12.9. The largest absolute Gasteiger partial charge is 0.458 e. The summed E-state index contributed by atoms with van der Waals surface area (Å²) in [4.78, 5) is 89.9. The molecule has 0 spiro atoms. The number of esters is 8. The monoisotopic (exact) mass is 1290 g/mol. The Balaban J connectivity index is 0.000000232. The second-order valence-corrected chi connectivity index (χ2v) is 21.5. The Hall–Kier alpha value is -12.0. The van der Waals surface area contributed by atoms with Crippen molar-refractivity contribution in [1.29, 1.82) is 0 Å². The van der Waals surface area contributed by atoms with Crippen molar-refractivity contribution in [1.82, 2.24) is 0 Å². The minimum Gasteiger partial charge on any atom is -0.458 e. The molecule has 0 saturated heterocycles. The molecule has 0 aliphatic heterocycles. The van der Waals surface area contributed by atoms with Crippen molar-refractivity contribution in [3.05, 3.63) is 314 Å². The van der Waals surface area contributed by atoms with E-state index in [1.165, 1.54) is 0 Å². The van der Waals surface area contributed by atoms with Crippen molar-refractivity contribution in [3.63, 3.8) is 0 Å². The average Bonchev–Trinajstić information content (AvgIpc) is 0.859. The molecule has 8 rings (SSSR count). The molecular weight excluding hydrogens is 1220 g/mol. The highest BCUT2D eigenvalue weighted by atomic mass is 16.6. The van der Waals surface area contributed by atoms with Gasteiger partial charge in [-0.05, 0) is 140 Å². The number of carbonyl (C=O) groups is 8. The van der Waals surface area contributed by atoms with Gasteiger partial charge in [-0.15, -0.1) is 0 Å². The molecule has 0 atom stereocenters. The van der Waals surface area contributed by atoms with E-state index in [-0.39, 0.29) is 52.9 Å². The van der Waals surface area contributed by atoms with Gasteiger partial charge in [-0.3, -0.25) is 0 Å². The first kappa shape index (κ1) is 74.7. The lowest BCUT2D eigenvalue weighted by Gasteiger charge is -2.08. The van der Waals surface area contributed by atoms with Gasteiger partial charge in [0.1, 0.15) is 52.9 Å². The van der Waals surface area contributed by atoms with E-state index >= 15 is 0 Å². The first-order valence-corrected chi connectivity index (χ1v) is 29.8. The summed E-state index contributed by atoms with van der Waals surface area (Å²) in [7, 11) is 0. The first-order chi connectivity index (χ1) is 46.0. The molecule has 96 heavy (non-hydrogen) atoms. The van der Waals surface area contributed by atoms with Crippen molar-refractivity contribution >= 4 is 69.3 Å². The van der Waals surface area contributed by atoms with Crippen LogP contribution in [0.2, 0.25) is 0 Å². The van der Waals surface area contributed by atoms with Crippen LogP contribution in [0.5, 0.6) is 0 Å². The number of benzene rings is 8. The molecule has 8 aromatic carbocycles. The quantitative estimate of drug-likeness (QED) is 0.0280. The fourth-order valence-corrected chi connectivity index (χ4v) is 8.16. The molecule has 0 saturated carbocycles. The standard InChI is InChI=1S/C22H22O4.C20H20O4.C20H18O4.C18H16O4/c1-15(2)21(23)25-13-17-5-9-19(10-6-17)20-11-7-18(8-12-20)14-26-22(24)16(3)4;1-13(2)19(21)23-11-15-5-7-18-10-16(6-8-17(18)9-15)12-24-20(22)14(3)4;1-3-19(21)23-13-15-5-9-17(10-6-15)18-11-7-16(8-12-18)14-24-20(22)4-2;1-3-17(19)21-11-13-5-7-16-10-14(6-8-15(16)9-13)12-22-18(20)4-2/h5-12H,1,3,13-14H2,2,4H3;5-10H,1,3,11-12H2,2,4H3;3-12H,1-2,13-14H2;3-10H,1-2,11-12H2. The zero-order chi connectivity index (χ0) is 70.1. The van der Waals surface area contributed by atoms with Gasteiger partial charge in [-0.2, -0.15) is 0 Å². The summed E-state index contributed by atoms with van der Waals surface area (Å²) in [6.07, 6.45) is 4.56. The maximum atomic E-state index is 11.4. The Labute approximate surface area is 559 Å². The van der Waals surface area contributed by atoms with E-state index in [2.05, 4.69) is 52.6 Å². The third-order valence-electron chi connectivity index (χ3n) is 13.5. The predicted octanol–water partition coefficient (Wildman–Crippen LogP) is 15.8. The van der Waals surface area contributed by atoms with Crippen LogP contribution < -0.4 is 0 Å². The van der Waals surface area contributed by atoms with Crippen molar-refractivity contribution in [2.75, 3.05) is 0 Å². The van der Waals surface area contributed by atoms with Crippen molar-refractivity contribution < 1.29 is 76.3 Å². The number of hydrogen-bond donors (Lipinski definition) is 0. The fourth-order valence-electron chi connectivity index (χ4n) is 8.16. The van der Waals surface area contributed by atoms with Crippen molar-refractivity contribution in [3.8, 4) is 22.3 Å². The maximum absolute atomic E-state index is 11.4. The van der Waals surface area contributed by atoms with E-state index in [9.17, 15) is 38.4 Å². The van der Waals surface area contributed by atoms with Crippen LogP contribution in [0.15, 0.2) is 269 Å². The van der Waals surface area contributed by atoms with E-state index in [4.69, 9.17) is 37.9 Å². The summed E-state index contributed by atoms with van der Waals surface area (Å²) in [6.45, 7) is 35.8. The number of carbonyl (C=O) groups excluding carboxylic acids is 8. The van der Waals surface area contributed by atoms with E-state index < -0.39 is 47.8 Å². The Kier molecular flexibility index (Phi) is 30.1. The highest BCUT2D eigenvalue weighted by molar-refractivity contribution is 5.90. The highest BCUT2D eigenvalue weighted by Gasteiger charge is 2.11. The number of fused-ring (bicyclic) bond motifs is 2. The topological polar surface area (TPSA) is 210 Å². The van der Waals surface area contributed by atoms with Gasteiger partial charge in [0.05, 0.1) is 0 Å². The van der Waals surface area contributed by atoms with Crippen LogP contribution in [0.25, 0.3) is 43.8 Å². The summed E-state index contributed by atoms with van der Waals surface area (Å²) in [5.74, 6) is -3.35. The molecule has 0 bridgehead atoms. The number of rotatable bonds is 26. The van der Waals surface area contributed by atoms with E-state index in [0.717, 1.165) is 113 Å². The SMILES string of the molecule is C=C(C)C(=O)OCc1ccc(-c2ccc(COC(=O)C(=C)C)cc2)cc1.C=C(C)C(=O)OCc1ccc2cc(COC(=O)C(=C)C)ccc2c1.C=CC(=O)OCc1ccc(-c2ccc(COC(=O)C=C)cc2)cc1.C=CC(=O)OCc1ccc2cc(COC(=O)C=C)ccc2c1. The lowest BCUT2D eigenvalue weighted by atomic mass is 10.0. The lowest BCUT2D eigenvalue weighted by Crippen LogP contribution is -2.05. The van der Waals surface area contributed by atoms with Crippen LogP contribution >= 0.6 is 0 Å². The zero-order valence-electron chi connectivity index (χ0n) is 54.3. The summed E-state index contributed by atoms with van der Waals surface area (Å²) in [5, 5.41) is 4.08. The summed E-state index contributed by atoms with van der Waals surface area (Å²) in [6, 6.07) is 54.2. The van der Waals surface area contributed by atoms with Crippen molar-refractivity contribution in [2.24, 2.45) is 0 Å². The molecule has 0 N–H and O–H groups in total. The second-order valence-electron chi connectivity index (χ2n) is 21.5. The Morgan fingerprint density at radius 2 is 0.406 bits per heavy atom. The molecule has 16 nitrogen and oxygen atoms in total. The van der Waals surface area contributed by atoms with Crippen LogP contribution in [0.3, 0.4) is 0 Å². The molecule has 492 valence electrons.